The number of halogens is 2. The van der Waals surface area contributed by atoms with Crippen LogP contribution in [-0.4, -0.2) is 37.7 Å². The number of hydrogen-bond acceptors (Lipinski definition) is 8. The number of esters is 1. The number of nitriles is 1. The van der Waals surface area contributed by atoms with Gasteiger partial charge in [0.2, 0.25) is 0 Å². The Balaban J connectivity index is 0.000000317. The van der Waals surface area contributed by atoms with E-state index in [1.807, 2.05) is 20.8 Å². The lowest BCUT2D eigenvalue weighted by Crippen LogP contribution is -2.13. The van der Waals surface area contributed by atoms with Crippen molar-refractivity contribution in [2.45, 2.75) is 39.5 Å². The summed E-state index contributed by atoms with van der Waals surface area (Å²) in [7, 11) is 0. The van der Waals surface area contributed by atoms with E-state index in [2.05, 4.69) is 44.4 Å². The number of carbonyl (C=O) groups is 1. The average Bonchev–Trinajstić information content (AvgIpc) is 3.52. The van der Waals surface area contributed by atoms with Gasteiger partial charge in [-0.05, 0) is 25.8 Å². The fourth-order valence-corrected chi connectivity index (χ4v) is 2.98. The van der Waals surface area contributed by atoms with Crippen LogP contribution in [0.4, 0.5) is 14.6 Å². The lowest BCUT2D eigenvalue weighted by Gasteiger charge is -2.06. The molecule has 3 N–H and O–H groups in total. The van der Waals surface area contributed by atoms with Crippen LogP contribution in [0.25, 0.3) is 22.6 Å². The van der Waals surface area contributed by atoms with E-state index < -0.39 is 11.6 Å². The van der Waals surface area contributed by atoms with Crippen LogP contribution in [0.1, 0.15) is 45.2 Å². The van der Waals surface area contributed by atoms with Crippen molar-refractivity contribution in [2.24, 2.45) is 11.8 Å². The number of carbonyl (C=O) groups excluding carboxylic acids is 1. The van der Waals surface area contributed by atoms with E-state index in [-0.39, 0.29) is 46.7 Å². The number of nitrogen functional groups attached to an aromatic ring is 1. The Kier molecular flexibility index (Phi) is 9.12. The normalized spacial score (nSPS) is 16.8. The first-order valence-electron chi connectivity index (χ1n) is 10.7. The minimum Gasteiger partial charge on any atom is -0.466 e. The zero-order valence-corrected chi connectivity index (χ0v) is 19.3. The highest BCUT2D eigenvalue weighted by Crippen LogP contribution is 2.47. The molecule has 1 aliphatic carbocycles. The Hall–Kier alpha value is -3.94. The molecule has 3 unspecified atom stereocenters. The lowest BCUT2D eigenvalue weighted by molar-refractivity contribution is -0.147. The summed E-state index contributed by atoms with van der Waals surface area (Å²) in [6.45, 7) is 12.2. The molecule has 180 valence electrons. The second-order valence-electron chi connectivity index (χ2n) is 7.39. The molecular formula is C23H27F2N7O2. The van der Waals surface area contributed by atoms with Gasteiger partial charge in [-0.3, -0.25) is 9.89 Å². The average molecular weight is 472 g/mol. The summed E-state index contributed by atoms with van der Waals surface area (Å²) in [6.07, 6.45) is 2.43. The lowest BCUT2D eigenvalue weighted by atomic mass is 10.1. The number of fused-ring (bicyclic) bond motifs is 1. The molecule has 3 heterocycles. The van der Waals surface area contributed by atoms with Crippen LogP contribution in [0.15, 0.2) is 25.4 Å². The topological polar surface area (TPSA) is 143 Å². The molecule has 9 nitrogen and oxygen atoms in total. The minimum atomic E-state index is -0.718. The van der Waals surface area contributed by atoms with Crippen LogP contribution in [-0.2, 0) is 9.53 Å². The molecule has 1 saturated carbocycles. The van der Waals surface area contributed by atoms with E-state index in [4.69, 9.17) is 15.7 Å². The summed E-state index contributed by atoms with van der Waals surface area (Å²) < 4.78 is 32.3. The van der Waals surface area contributed by atoms with Crippen molar-refractivity contribution in [3.63, 3.8) is 0 Å². The van der Waals surface area contributed by atoms with Crippen LogP contribution in [0.2, 0.25) is 0 Å². The maximum Gasteiger partial charge on any atom is 0.308 e. The highest BCUT2D eigenvalue weighted by atomic mass is 19.1. The molecule has 0 bridgehead atoms. The van der Waals surface area contributed by atoms with Gasteiger partial charge in [-0.2, -0.15) is 10.4 Å². The molecule has 1 aliphatic rings. The van der Waals surface area contributed by atoms with Gasteiger partial charge < -0.3 is 10.5 Å². The molecule has 3 aromatic heterocycles. The molecule has 0 aromatic carbocycles. The van der Waals surface area contributed by atoms with Crippen molar-refractivity contribution < 1.29 is 18.3 Å². The van der Waals surface area contributed by atoms with Crippen LogP contribution in [0.3, 0.4) is 0 Å². The van der Waals surface area contributed by atoms with Crippen molar-refractivity contribution in [3.05, 3.63) is 42.7 Å². The van der Waals surface area contributed by atoms with Crippen molar-refractivity contribution in [1.82, 2.24) is 25.1 Å². The maximum absolute atomic E-state index is 14.1. The fraction of sp³-hybridized carbons (Fsp3) is 0.391. The Morgan fingerprint density at radius 3 is 2.68 bits per heavy atom. The SMILES string of the molecule is C=C.CCOC(=O)C(C)CC.N#CC1CC1c1nc(-c2[nH]nc3ncc(F)cc23)nc(N)c1F. The summed E-state index contributed by atoms with van der Waals surface area (Å²) >= 11 is 0. The van der Waals surface area contributed by atoms with Crippen LogP contribution < -0.4 is 5.73 Å². The van der Waals surface area contributed by atoms with E-state index in [1.165, 1.54) is 6.07 Å². The summed E-state index contributed by atoms with van der Waals surface area (Å²) in [5.41, 5.74) is 6.31. The van der Waals surface area contributed by atoms with E-state index in [9.17, 15) is 13.6 Å². The molecule has 4 rings (SSSR count). The van der Waals surface area contributed by atoms with Gasteiger partial charge in [0.1, 0.15) is 11.5 Å². The molecule has 0 saturated heterocycles. The highest BCUT2D eigenvalue weighted by Gasteiger charge is 2.42. The Morgan fingerprint density at radius 2 is 2.09 bits per heavy atom. The molecule has 0 radical (unpaired) electrons. The molecule has 3 aromatic rings. The summed E-state index contributed by atoms with van der Waals surface area (Å²) in [4.78, 5) is 22.7. The third kappa shape index (κ3) is 5.89. The summed E-state index contributed by atoms with van der Waals surface area (Å²) in [5, 5.41) is 15.9. The first-order chi connectivity index (χ1) is 16.3. The van der Waals surface area contributed by atoms with Gasteiger partial charge in [0.25, 0.3) is 0 Å². The standard InChI is InChI=1S/C14H9F2N7.C7H14O2.C2H4/c15-6-2-8-11(22-23-13(8)19-4-6)14-20-10(7-1-5(7)3-17)9(16)12(18)21-14;1-4-6(3)7(8)9-5-2;1-2/h2,4-5,7H,1H2,(H2,18,20,21)(H,19,22,23);6H,4-5H2,1-3H3;1-2H2. The third-order valence-electron chi connectivity index (χ3n) is 5.11. The van der Waals surface area contributed by atoms with E-state index >= 15 is 0 Å². The predicted molar refractivity (Wildman–Crippen MR) is 123 cm³/mol. The molecule has 11 heteroatoms. The molecule has 1 fully saturated rings. The maximum atomic E-state index is 14.1. The first-order valence-corrected chi connectivity index (χ1v) is 10.7. The highest BCUT2D eigenvalue weighted by molar-refractivity contribution is 5.88. The molecule has 3 atom stereocenters. The van der Waals surface area contributed by atoms with Gasteiger partial charge in [-0.1, -0.05) is 13.8 Å². The fourth-order valence-electron chi connectivity index (χ4n) is 2.98. The molecular weight excluding hydrogens is 444 g/mol. The molecule has 0 spiro atoms. The zero-order valence-electron chi connectivity index (χ0n) is 19.3. The zero-order chi connectivity index (χ0) is 25.4. The summed E-state index contributed by atoms with van der Waals surface area (Å²) in [6, 6.07) is 3.31. The number of aromatic amines is 1. The number of nitrogens with zero attached hydrogens (tertiary/aromatic N) is 5. The molecule has 0 aliphatic heterocycles. The largest absolute Gasteiger partial charge is 0.466 e. The monoisotopic (exact) mass is 471 g/mol. The van der Waals surface area contributed by atoms with Gasteiger partial charge in [-0.25, -0.2) is 23.7 Å². The third-order valence-corrected chi connectivity index (χ3v) is 5.11. The number of pyridine rings is 1. The van der Waals surface area contributed by atoms with Crippen molar-refractivity contribution >= 4 is 22.8 Å². The Morgan fingerprint density at radius 1 is 1.38 bits per heavy atom. The number of aromatic nitrogens is 5. The second-order valence-corrected chi connectivity index (χ2v) is 7.39. The molecule has 0 amide bonds. The van der Waals surface area contributed by atoms with E-state index in [0.29, 0.717) is 24.1 Å². The predicted octanol–water partition coefficient (Wildman–Crippen LogP) is 4.30. The van der Waals surface area contributed by atoms with Gasteiger partial charge in [0, 0.05) is 5.92 Å². The van der Waals surface area contributed by atoms with Crippen LogP contribution >= 0.6 is 0 Å². The van der Waals surface area contributed by atoms with Gasteiger partial charge in [0.05, 0.1) is 41.8 Å². The number of ether oxygens (including phenoxy) is 1. The van der Waals surface area contributed by atoms with Crippen LogP contribution in [0, 0.1) is 34.8 Å². The van der Waals surface area contributed by atoms with E-state index in [1.54, 1.807) is 0 Å². The number of rotatable bonds is 5. The number of anilines is 1. The van der Waals surface area contributed by atoms with Gasteiger partial charge in [0.15, 0.2) is 23.1 Å². The molecule has 34 heavy (non-hydrogen) atoms. The Bertz CT molecular complexity index is 1190. The minimum absolute atomic E-state index is 0.0601. The Labute approximate surface area is 196 Å². The van der Waals surface area contributed by atoms with Crippen molar-refractivity contribution in [3.8, 4) is 17.6 Å². The van der Waals surface area contributed by atoms with Crippen molar-refractivity contribution in [2.75, 3.05) is 12.3 Å². The van der Waals surface area contributed by atoms with Gasteiger partial charge >= 0.3 is 5.97 Å². The van der Waals surface area contributed by atoms with Crippen LogP contribution in [0.5, 0.6) is 0 Å². The van der Waals surface area contributed by atoms with Gasteiger partial charge in [-0.15, -0.1) is 13.2 Å². The van der Waals surface area contributed by atoms with E-state index in [0.717, 1.165) is 12.6 Å². The first kappa shape index (κ1) is 26.3. The number of nitrogens with one attached hydrogen (secondary N) is 1. The number of hydrogen-bond donors (Lipinski definition) is 2. The summed E-state index contributed by atoms with van der Waals surface area (Å²) in [5.74, 6) is -2.08. The smallest absolute Gasteiger partial charge is 0.308 e. The number of H-pyrrole nitrogens is 1. The van der Waals surface area contributed by atoms with Crippen molar-refractivity contribution in [1.29, 1.82) is 5.26 Å². The quantitative estimate of drug-likeness (QED) is 0.414. The number of nitrogens with two attached hydrogens (primary N) is 1. The second kappa shape index (κ2) is 11.8.